The third-order valence-corrected chi connectivity index (χ3v) is 7.41. The van der Waals surface area contributed by atoms with Crippen LogP contribution in [0, 0.1) is 0 Å². The summed E-state index contributed by atoms with van der Waals surface area (Å²) in [5.74, 6) is 0.840. The van der Waals surface area contributed by atoms with Crippen molar-refractivity contribution in [3.63, 3.8) is 0 Å². The zero-order valence-corrected chi connectivity index (χ0v) is 17.6. The molecular weight excluding hydrogens is 508 g/mol. The average Bonchev–Trinajstić information content (AvgIpc) is 2.84. The van der Waals surface area contributed by atoms with Gasteiger partial charge in [-0.15, -0.1) is 11.3 Å². The quantitative estimate of drug-likeness (QED) is 0.425. The summed E-state index contributed by atoms with van der Waals surface area (Å²) >= 11 is 11.9. The zero-order valence-electron chi connectivity index (χ0n) is 12.1. The topological polar surface area (TPSA) is 34.9 Å². The highest BCUT2D eigenvalue weighted by molar-refractivity contribution is 9.13. The van der Waals surface area contributed by atoms with E-state index in [1.165, 1.54) is 11.3 Å². The van der Waals surface area contributed by atoms with E-state index >= 15 is 0 Å². The molecule has 0 aliphatic heterocycles. The summed E-state index contributed by atoms with van der Waals surface area (Å²) in [5, 5.41) is 1.55. The van der Waals surface area contributed by atoms with Gasteiger partial charge in [0.05, 0.1) is 20.2 Å². The van der Waals surface area contributed by atoms with Gasteiger partial charge in [-0.1, -0.05) is 46.3 Å². The maximum absolute atomic E-state index is 13.0. The third-order valence-electron chi connectivity index (χ3n) is 3.51. The number of benzene rings is 1. The van der Waals surface area contributed by atoms with Crippen LogP contribution in [0.25, 0.3) is 10.2 Å². The number of aryl methyl sites for hydroxylation is 1. The Hall–Kier alpha value is -0.500. The molecule has 3 nitrogen and oxygen atoms in total. The molecule has 2 aromatic heterocycles. The van der Waals surface area contributed by atoms with E-state index in [1.54, 1.807) is 4.57 Å². The molecule has 0 aliphatic rings. The first-order chi connectivity index (χ1) is 11.1. The van der Waals surface area contributed by atoms with Gasteiger partial charge in [-0.05, 0) is 43.8 Å². The van der Waals surface area contributed by atoms with Crippen molar-refractivity contribution in [1.29, 1.82) is 0 Å². The highest BCUT2D eigenvalue weighted by atomic mass is 79.9. The molecule has 0 spiro atoms. The van der Waals surface area contributed by atoms with Gasteiger partial charge >= 0.3 is 0 Å². The first kappa shape index (κ1) is 17.3. The van der Waals surface area contributed by atoms with Crippen LogP contribution in [-0.2, 0) is 13.0 Å². The summed E-state index contributed by atoms with van der Waals surface area (Å²) in [5.41, 5.74) is 1.11. The van der Waals surface area contributed by atoms with E-state index < -0.39 is 0 Å². The zero-order chi connectivity index (χ0) is 16.4. The minimum Gasteiger partial charge on any atom is -0.292 e. The molecule has 0 radical (unpaired) electrons. The van der Waals surface area contributed by atoms with E-state index in [-0.39, 0.29) is 5.56 Å². The smallest absolute Gasteiger partial charge is 0.263 e. The van der Waals surface area contributed by atoms with Crippen LogP contribution in [0.1, 0.15) is 17.8 Å². The fraction of sp³-hybridized carbons (Fsp3) is 0.250. The average molecular weight is 521 g/mol. The van der Waals surface area contributed by atoms with Gasteiger partial charge in [-0.3, -0.25) is 9.36 Å². The first-order valence-corrected chi connectivity index (χ1v) is 10.6. The Morgan fingerprint density at radius 1 is 1.17 bits per heavy atom. The highest BCUT2D eigenvalue weighted by Crippen LogP contribution is 2.36. The fourth-order valence-electron chi connectivity index (χ4n) is 2.41. The van der Waals surface area contributed by atoms with Gasteiger partial charge in [0, 0.05) is 11.8 Å². The Labute approximate surface area is 163 Å². The van der Waals surface area contributed by atoms with Crippen molar-refractivity contribution >= 4 is 69.3 Å². The first-order valence-electron chi connectivity index (χ1n) is 7.09. The number of hydrogen-bond donors (Lipinski definition) is 0. The van der Waals surface area contributed by atoms with E-state index in [9.17, 15) is 4.79 Å². The SMILES string of the molecule is O=c1c2c(Br)c(Br)sc2nc(CCCBr)n1Cc1ccccc1. The molecule has 0 aliphatic carbocycles. The lowest BCUT2D eigenvalue weighted by Gasteiger charge is -2.12. The third kappa shape index (κ3) is 3.62. The molecule has 0 unspecified atom stereocenters. The standard InChI is InChI=1S/C16H13Br3N2OS/c17-8-4-7-11-20-15-12(13(18)14(19)23-15)16(22)21(11)9-10-5-2-1-3-6-10/h1-3,5-6H,4,7-9H2. The Morgan fingerprint density at radius 3 is 2.61 bits per heavy atom. The minimum absolute atomic E-state index is 0.0113. The van der Waals surface area contributed by atoms with Crippen molar-refractivity contribution in [2.75, 3.05) is 5.33 Å². The number of rotatable bonds is 5. The number of hydrogen-bond acceptors (Lipinski definition) is 3. The van der Waals surface area contributed by atoms with Gasteiger partial charge < -0.3 is 0 Å². The van der Waals surface area contributed by atoms with Crippen molar-refractivity contribution in [3.8, 4) is 0 Å². The van der Waals surface area contributed by atoms with E-state index in [2.05, 4.69) is 47.8 Å². The summed E-state index contributed by atoms with van der Waals surface area (Å²) < 4.78 is 3.49. The normalized spacial score (nSPS) is 11.3. The van der Waals surface area contributed by atoms with Gasteiger partial charge in [0.2, 0.25) is 0 Å². The Kier molecular flexibility index (Phi) is 5.72. The van der Waals surface area contributed by atoms with Crippen LogP contribution < -0.4 is 5.56 Å². The van der Waals surface area contributed by atoms with Crippen LogP contribution in [0.5, 0.6) is 0 Å². The molecule has 0 amide bonds. The van der Waals surface area contributed by atoms with Crippen LogP contribution in [-0.4, -0.2) is 14.9 Å². The number of halogens is 3. The number of fused-ring (bicyclic) bond motifs is 1. The summed E-state index contributed by atoms with van der Waals surface area (Å²) in [4.78, 5) is 18.6. The molecule has 0 saturated heterocycles. The van der Waals surface area contributed by atoms with Crippen molar-refractivity contribution in [2.24, 2.45) is 0 Å². The maximum atomic E-state index is 13.0. The minimum atomic E-state index is 0.0113. The van der Waals surface area contributed by atoms with E-state index in [0.717, 1.165) is 42.6 Å². The second-order valence-corrected chi connectivity index (χ2v) is 8.97. The lowest BCUT2D eigenvalue weighted by atomic mass is 10.2. The lowest BCUT2D eigenvalue weighted by Crippen LogP contribution is -2.25. The molecule has 23 heavy (non-hydrogen) atoms. The van der Waals surface area contributed by atoms with Crippen LogP contribution in [0.4, 0.5) is 0 Å². The Balaban J connectivity index is 2.17. The second kappa shape index (κ2) is 7.59. The van der Waals surface area contributed by atoms with Crippen LogP contribution in [0.15, 0.2) is 43.4 Å². The van der Waals surface area contributed by atoms with Crippen LogP contribution >= 0.6 is 59.1 Å². The molecule has 0 bridgehead atoms. The molecule has 3 aromatic rings. The van der Waals surface area contributed by atoms with Crippen LogP contribution in [0.3, 0.4) is 0 Å². The molecule has 0 N–H and O–H groups in total. The lowest BCUT2D eigenvalue weighted by molar-refractivity contribution is 0.668. The van der Waals surface area contributed by atoms with Gasteiger partial charge in [-0.2, -0.15) is 0 Å². The Morgan fingerprint density at radius 2 is 1.91 bits per heavy atom. The number of thiophene rings is 1. The monoisotopic (exact) mass is 518 g/mol. The molecule has 1 aromatic carbocycles. The van der Waals surface area contributed by atoms with Crippen molar-refractivity contribution in [3.05, 3.63) is 60.3 Å². The number of nitrogens with zero attached hydrogens (tertiary/aromatic N) is 2. The predicted molar refractivity (Wildman–Crippen MR) is 107 cm³/mol. The maximum Gasteiger partial charge on any atom is 0.263 e. The second-order valence-electron chi connectivity index (χ2n) is 5.07. The number of aromatic nitrogens is 2. The molecule has 3 rings (SSSR count). The molecule has 7 heteroatoms. The van der Waals surface area contributed by atoms with Gasteiger partial charge in [0.15, 0.2) is 0 Å². The van der Waals surface area contributed by atoms with Gasteiger partial charge in [-0.25, -0.2) is 4.98 Å². The molecule has 0 saturated carbocycles. The van der Waals surface area contributed by atoms with E-state index in [0.29, 0.717) is 11.9 Å². The Bertz CT molecular complexity index is 890. The van der Waals surface area contributed by atoms with Crippen molar-refractivity contribution in [2.45, 2.75) is 19.4 Å². The summed E-state index contributed by atoms with van der Waals surface area (Å²) in [6, 6.07) is 10.0. The van der Waals surface area contributed by atoms with Crippen molar-refractivity contribution in [1.82, 2.24) is 9.55 Å². The molecular formula is C16H13Br3N2OS. The molecule has 120 valence electrons. The van der Waals surface area contributed by atoms with Gasteiger partial charge in [0.25, 0.3) is 5.56 Å². The van der Waals surface area contributed by atoms with Crippen molar-refractivity contribution < 1.29 is 0 Å². The summed E-state index contributed by atoms with van der Waals surface area (Å²) in [6.45, 7) is 0.542. The van der Waals surface area contributed by atoms with E-state index in [1.807, 2.05) is 30.3 Å². The fourth-order valence-corrected chi connectivity index (χ4v) is 4.89. The molecule has 2 heterocycles. The number of alkyl halides is 1. The van der Waals surface area contributed by atoms with Crippen LogP contribution in [0.2, 0.25) is 0 Å². The predicted octanol–water partition coefficient (Wildman–Crippen LogP) is 5.36. The molecule has 0 fully saturated rings. The van der Waals surface area contributed by atoms with Gasteiger partial charge in [0.1, 0.15) is 10.7 Å². The highest BCUT2D eigenvalue weighted by Gasteiger charge is 2.17. The summed E-state index contributed by atoms with van der Waals surface area (Å²) in [6.07, 6.45) is 1.72. The molecule has 0 atom stereocenters. The van der Waals surface area contributed by atoms with E-state index in [4.69, 9.17) is 4.98 Å². The largest absolute Gasteiger partial charge is 0.292 e. The summed E-state index contributed by atoms with van der Waals surface area (Å²) in [7, 11) is 0.